The molecule has 4 rings (SSSR count). The molecule has 3 aromatic rings. The quantitative estimate of drug-likeness (QED) is 0.535. The van der Waals surface area contributed by atoms with Gasteiger partial charge in [-0.1, -0.05) is 6.07 Å². The molecule has 8 nitrogen and oxygen atoms in total. The molecule has 0 aromatic heterocycles. The number of halogens is 1. The number of nitrogens with one attached hydrogen (secondary N) is 1. The highest BCUT2D eigenvalue weighted by molar-refractivity contribution is 7.89. The van der Waals surface area contributed by atoms with Crippen LogP contribution >= 0.6 is 0 Å². The van der Waals surface area contributed by atoms with Crippen molar-refractivity contribution in [1.82, 2.24) is 4.31 Å². The standard InChI is InChI=1S/C25H26FN3O5S/c1-33-21-10-11-23(24(17-21)34-2)27-25(30)18-4-3-5-22(16-18)35(31,32)29-14-12-28(13-15-29)20-8-6-19(26)7-9-20/h3-11,16-17H,12-15H2,1-2H3,(H,27,30). The van der Waals surface area contributed by atoms with E-state index in [4.69, 9.17) is 9.47 Å². The molecular weight excluding hydrogens is 473 g/mol. The fraction of sp³-hybridized carbons (Fsp3) is 0.240. The second-order valence-electron chi connectivity index (χ2n) is 7.92. The van der Waals surface area contributed by atoms with Crippen LogP contribution < -0.4 is 19.7 Å². The molecule has 184 valence electrons. The number of benzene rings is 3. The van der Waals surface area contributed by atoms with Crippen molar-refractivity contribution in [3.63, 3.8) is 0 Å². The molecule has 1 aliphatic rings. The lowest BCUT2D eigenvalue weighted by Gasteiger charge is -2.35. The van der Waals surface area contributed by atoms with Crippen molar-refractivity contribution >= 4 is 27.3 Å². The molecule has 1 aliphatic heterocycles. The normalized spacial score (nSPS) is 14.4. The van der Waals surface area contributed by atoms with E-state index >= 15 is 0 Å². The summed E-state index contributed by atoms with van der Waals surface area (Å²) in [5.41, 5.74) is 1.48. The van der Waals surface area contributed by atoms with Crippen LogP contribution in [0.1, 0.15) is 10.4 Å². The maximum atomic E-state index is 13.3. The average Bonchev–Trinajstić information content (AvgIpc) is 2.89. The van der Waals surface area contributed by atoms with E-state index in [1.807, 2.05) is 4.90 Å². The third-order valence-corrected chi connectivity index (χ3v) is 7.72. The van der Waals surface area contributed by atoms with Crippen LogP contribution in [0.25, 0.3) is 0 Å². The van der Waals surface area contributed by atoms with Gasteiger partial charge >= 0.3 is 0 Å². The van der Waals surface area contributed by atoms with Gasteiger partial charge in [-0.2, -0.15) is 4.31 Å². The van der Waals surface area contributed by atoms with Crippen molar-refractivity contribution in [2.45, 2.75) is 4.90 Å². The maximum absolute atomic E-state index is 13.3. The summed E-state index contributed by atoms with van der Waals surface area (Å²) in [6.45, 7) is 1.50. The molecule has 1 saturated heterocycles. The minimum atomic E-state index is -3.80. The Morgan fingerprint density at radius 1 is 0.914 bits per heavy atom. The first-order chi connectivity index (χ1) is 16.8. The Bertz CT molecular complexity index is 1310. The number of hydrogen-bond donors (Lipinski definition) is 1. The van der Waals surface area contributed by atoms with E-state index in [0.29, 0.717) is 30.3 Å². The minimum Gasteiger partial charge on any atom is -0.497 e. The van der Waals surface area contributed by atoms with Crippen LogP contribution in [-0.4, -0.2) is 59.0 Å². The zero-order valence-corrected chi connectivity index (χ0v) is 20.2. The number of piperazine rings is 1. The second-order valence-corrected chi connectivity index (χ2v) is 9.85. The molecule has 1 N–H and O–H groups in total. The van der Waals surface area contributed by atoms with Gasteiger partial charge in [-0.25, -0.2) is 12.8 Å². The van der Waals surface area contributed by atoms with Gasteiger partial charge in [0.2, 0.25) is 10.0 Å². The summed E-state index contributed by atoms with van der Waals surface area (Å²) in [6.07, 6.45) is 0. The first-order valence-corrected chi connectivity index (χ1v) is 12.4. The number of nitrogens with zero attached hydrogens (tertiary/aromatic N) is 2. The molecule has 35 heavy (non-hydrogen) atoms. The fourth-order valence-electron chi connectivity index (χ4n) is 3.88. The number of ether oxygens (including phenoxy) is 2. The Kier molecular flexibility index (Phi) is 7.23. The lowest BCUT2D eigenvalue weighted by Crippen LogP contribution is -2.48. The topological polar surface area (TPSA) is 88.2 Å². The van der Waals surface area contributed by atoms with E-state index in [9.17, 15) is 17.6 Å². The van der Waals surface area contributed by atoms with Gasteiger partial charge in [0.25, 0.3) is 5.91 Å². The zero-order valence-electron chi connectivity index (χ0n) is 19.4. The van der Waals surface area contributed by atoms with Gasteiger partial charge in [0, 0.05) is 43.5 Å². The highest BCUT2D eigenvalue weighted by Gasteiger charge is 2.29. The number of anilines is 2. The van der Waals surface area contributed by atoms with Gasteiger partial charge in [-0.05, 0) is 54.6 Å². The monoisotopic (exact) mass is 499 g/mol. The minimum absolute atomic E-state index is 0.0436. The third kappa shape index (κ3) is 5.39. The van der Waals surface area contributed by atoms with E-state index in [-0.39, 0.29) is 29.4 Å². The number of amides is 1. The van der Waals surface area contributed by atoms with Crippen LogP contribution in [0.15, 0.2) is 71.6 Å². The average molecular weight is 500 g/mol. The number of sulfonamides is 1. The SMILES string of the molecule is COc1ccc(NC(=O)c2cccc(S(=O)(=O)N3CCN(c4ccc(F)cc4)CC3)c2)c(OC)c1. The summed E-state index contributed by atoms with van der Waals surface area (Å²) in [7, 11) is -0.791. The van der Waals surface area contributed by atoms with Crippen LogP contribution in [0.2, 0.25) is 0 Å². The molecule has 0 atom stereocenters. The van der Waals surface area contributed by atoms with Gasteiger partial charge < -0.3 is 19.7 Å². The lowest BCUT2D eigenvalue weighted by molar-refractivity contribution is 0.102. The predicted octanol–water partition coefficient (Wildman–Crippen LogP) is 3.61. The molecule has 0 aliphatic carbocycles. The van der Waals surface area contributed by atoms with Crippen LogP contribution in [0.4, 0.5) is 15.8 Å². The summed E-state index contributed by atoms with van der Waals surface area (Å²) in [6, 6.07) is 17.0. The molecule has 1 heterocycles. The molecule has 1 fully saturated rings. The number of carbonyl (C=O) groups excluding carboxylic acids is 1. The molecule has 0 bridgehead atoms. The molecule has 1 amide bonds. The number of hydrogen-bond acceptors (Lipinski definition) is 6. The lowest BCUT2D eigenvalue weighted by atomic mass is 10.2. The second kappa shape index (κ2) is 10.3. The first kappa shape index (κ1) is 24.5. The van der Waals surface area contributed by atoms with E-state index < -0.39 is 15.9 Å². The van der Waals surface area contributed by atoms with Crippen molar-refractivity contribution in [2.24, 2.45) is 0 Å². The van der Waals surface area contributed by atoms with E-state index in [1.54, 1.807) is 42.5 Å². The van der Waals surface area contributed by atoms with Crippen LogP contribution in [0.3, 0.4) is 0 Å². The van der Waals surface area contributed by atoms with Gasteiger partial charge in [0.1, 0.15) is 17.3 Å². The van der Waals surface area contributed by atoms with E-state index in [0.717, 1.165) is 5.69 Å². The Hall–Kier alpha value is -3.63. The van der Waals surface area contributed by atoms with E-state index in [2.05, 4.69) is 5.32 Å². The summed E-state index contributed by atoms with van der Waals surface area (Å²) in [4.78, 5) is 14.9. The van der Waals surface area contributed by atoms with Crippen molar-refractivity contribution < 1.29 is 27.1 Å². The van der Waals surface area contributed by atoms with Crippen LogP contribution in [0, 0.1) is 5.82 Å². The first-order valence-electron chi connectivity index (χ1n) is 11.0. The van der Waals surface area contributed by atoms with Crippen molar-refractivity contribution in [3.8, 4) is 11.5 Å². The largest absolute Gasteiger partial charge is 0.497 e. The Labute approximate surface area is 203 Å². The number of methoxy groups -OCH3 is 2. The smallest absolute Gasteiger partial charge is 0.255 e. The highest BCUT2D eigenvalue weighted by atomic mass is 32.2. The Morgan fingerprint density at radius 3 is 2.29 bits per heavy atom. The molecule has 3 aromatic carbocycles. The molecule has 10 heteroatoms. The predicted molar refractivity (Wildman–Crippen MR) is 131 cm³/mol. The summed E-state index contributed by atoms with van der Waals surface area (Å²) in [5.74, 6) is 0.212. The highest BCUT2D eigenvalue weighted by Crippen LogP contribution is 2.30. The van der Waals surface area contributed by atoms with Gasteiger partial charge in [-0.15, -0.1) is 0 Å². The molecular formula is C25H26FN3O5S. The number of carbonyl (C=O) groups is 1. The molecule has 0 unspecified atom stereocenters. The Morgan fingerprint density at radius 2 is 1.63 bits per heavy atom. The fourth-order valence-corrected chi connectivity index (χ4v) is 5.35. The van der Waals surface area contributed by atoms with Gasteiger partial charge in [0.15, 0.2) is 0 Å². The summed E-state index contributed by atoms with van der Waals surface area (Å²) < 4.78 is 51.6. The van der Waals surface area contributed by atoms with Crippen LogP contribution in [0.5, 0.6) is 11.5 Å². The maximum Gasteiger partial charge on any atom is 0.255 e. The third-order valence-electron chi connectivity index (χ3n) is 5.82. The van der Waals surface area contributed by atoms with Crippen molar-refractivity contribution in [2.75, 3.05) is 50.6 Å². The van der Waals surface area contributed by atoms with E-state index in [1.165, 1.54) is 42.8 Å². The summed E-state index contributed by atoms with van der Waals surface area (Å²) in [5, 5.41) is 2.75. The Balaban J connectivity index is 1.47. The van der Waals surface area contributed by atoms with Gasteiger partial charge in [-0.3, -0.25) is 4.79 Å². The van der Waals surface area contributed by atoms with Crippen molar-refractivity contribution in [1.29, 1.82) is 0 Å². The van der Waals surface area contributed by atoms with Crippen molar-refractivity contribution in [3.05, 3.63) is 78.1 Å². The summed E-state index contributed by atoms with van der Waals surface area (Å²) >= 11 is 0. The number of rotatable bonds is 7. The molecule has 0 saturated carbocycles. The zero-order chi connectivity index (χ0) is 25.0. The van der Waals surface area contributed by atoms with Gasteiger partial charge in [0.05, 0.1) is 24.8 Å². The van der Waals surface area contributed by atoms with Crippen LogP contribution in [-0.2, 0) is 10.0 Å². The molecule has 0 spiro atoms. The molecule has 0 radical (unpaired) electrons.